The number of fused-ring (bicyclic) bond motifs is 1. The van der Waals surface area contributed by atoms with Gasteiger partial charge in [-0.05, 0) is 43.7 Å². The number of hydrogen-bond acceptors (Lipinski definition) is 3. The zero-order chi connectivity index (χ0) is 16.2. The van der Waals surface area contributed by atoms with Gasteiger partial charge in [-0.25, -0.2) is 0 Å². The minimum Gasteiger partial charge on any atom is -0.484 e. The highest BCUT2D eigenvalue weighted by atomic mass is 16.5. The van der Waals surface area contributed by atoms with Gasteiger partial charge in [0.2, 0.25) is 0 Å². The molecule has 3 rings (SSSR count). The van der Waals surface area contributed by atoms with Crippen LogP contribution in [0.3, 0.4) is 0 Å². The number of rotatable bonds is 5. The molecule has 3 aromatic rings. The Labute approximate surface area is 135 Å². The zero-order valence-corrected chi connectivity index (χ0v) is 13.2. The molecule has 118 valence electrons. The molecule has 0 radical (unpaired) electrons. The molecule has 1 atom stereocenters. The largest absolute Gasteiger partial charge is 0.484 e. The summed E-state index contributed by atoms with van der Waals surface area (Å²) in [5.74, 6) is 1.24. The van der Waals surface area contributed by atoms with E-state index in [-0.39, 0.29) is 18.6 Å². The predicted molar refractivity (Wildman–Crippen MR) is 89.4 cm³/mol. The Balaban J connectivity index is 1.58. The fourth-order valence-electron chi connectivity index (χ4n) is 2.42. The average Bonchev–Trinajstić information content (AvgIpc) is 2.97. The Hall–Kier alpha value is -2.75. The molecule has 0 aliphatic rings. The van der Waals surface area contributed by atoms with Crippen molar-refractivity contribution in [2.24, 2.45) is 0 Å². The number of amides is 1. The van der Waals surface area contributed by atoms with Crippen LogP contribution in [0, 0.1) is 6.92 Å². The SMILES string of the molecule is Cc1cccc(OCC(=O)N[C@@H](C)c2cc3ccccc3o2)c1. The minimum absolute atomic E-state index is 0.0198. The highest BCUT2D eigenvalue weighted by molar-refractivity contribution is 5.79. The van der Waals surface area contributed by atoms with Crippen LogP contribution in [-0.2, 0) is 4.79 Å². The highest BCUT2D eigenvalue weighted by Gasteiger charge is 2.14. The van der Waals surface area contributed by atoms with Crippen molar-refractivity contribution < 1.29 is 13.9 Å². The van der Waals surface area contributed by atoms with E-state index in [2.05, 4.69) is 5.32 Å². The monoisotopic (exact) mass is 309 g/mol. The molecule has 0 saturated carbocycles. The Bertz CT molecular complexity index is 789. The lowest BCUT2D eigenvalue weighted by molar-refractivity contribution is -0.123. The number of benzene rings is 2. The lowest BCUT2D eigenvalue weighted by Crippen LogP contribution is -2.31. The van der Waals surface area contributed by atoms with Gasteiger partial charge in [-0.2, -0.15) is 0 Å². The summed E-state index contributed by atoms with van der Waals surface area (Å²) in [6, 6.07) is 17.1. The predicted octanol–water partition coefficient (Wildman–Crippen LogP) is 4.00. The first kappa shape index (κ1) is 15.2. The molecule has 4 heteroatoms. The molecule has 2 aromatic carbocycles. The van der Waals surface area contributed by atoms with E-state index < -0.39 is 0 Å². The van der Waals surface area contributed by atoms with Crippen LogP contribution in [0.1, 0.15) is 24.3 Å². The number of furan rings is 1. The molecule has 1 amide bonds. The summed E-state index contributed by atoms with van der Waals surface area (Å²) in [4.78, 5) is 12.0. The standard InChI is InChI=1S/C19H19NO3/c1-13-6-5-8-16(10-13)22-12-19(21)20-14(2)18-11-15-7-3-4-9-17(15)23-18/h3-11,14H,12H2,1-2H3,(H,20,21)/t14-/m0/s1. The van der Waals surface area contributed by atoms with E-state index >= 15 is 0 Å². The van der Waals surface area contributed by atoms with E-state index in [1.54, 1.807) is 0 Å². The molecule has 0 fully saturated rings. The molecule has 1 N–H and O–H groups in total. The van der Waals surface area contributed by atoms with Crippen molar-refractivity contribution in [2.45, 2.75) is 19.9 Å². The smallest absolute Gasteiger partial charge is 0.258 e. The van der Waals surface area contributed by atoms with Crippen molar-refractivity contribution in [1.29, 1.82) is 0 Å². The molecule has 0 bridgehead atoms. The van der Waals surface area contributed by atoms with E-state index in [1.807, 2.05) is 68.4 Å². The molecule has 1 aromatic heterocycles. The summed E-state index contributed by atoms with van der Waals surface area (Å²) in [5, 5.41) is 3.91. The number of ether oxygens (including phenoxy) is 1. The number of aryl methyl sites for hydroxylation is 1. The third kappa shape index (κ3) is 3.72. The fourth-order valence-corrected chi connectivity index (χ4v) is 2.42. The van der Waals surface area contributed by atoms with Crippen LogP contribution in [0.2, 0.25) is 0 Å². The molecule has 0 aliphatic carbocycles. The summed E-state index contributed by atoms with van der Waals surface area (Å²) in [5.41, 5.74) is 1.91. The molecule has 0 aliphatic heterocycles. The number of carbonyl (C=O) groups is 1. The van der Waals surface area contributed by atoms with Gasteiger partial charge in [-0.1, -0.05) is 30.3 Å². The molecule has 0 saturated heterocycles. The second kappa shape index (κ2) is 6.57. The second-order valence-corrected chi connectivity index (χ2v) is 5.58. The Morgan fingerprint density at radius 1 is 1.17 bits per heavy atom. The zero-order valence-electron chi connectivity index (χ0n) is 13.2. The molecular weight excluding hydrogens is 290 g/mol. The van der Waals surface area contributed by atoms with Gasteiger partial charge in [0.05, 0.1) is 6.04 Å². The van der Waals surface area contributed by atoms with Gasteiger partial charge >= 0.3 is 0 Å². The van der Waals surface area contributed by atoms with E-state index in [1.165, 1.54) is 0 Å². The minimum atomic E-state index is -0.212. The first-order valence-corrected chi connectivity index (χ1v) is 7.59. The average molecular weight is 309 g/mol. The third-order valence-electron chi connectivity index (χ3n) is 3.61. The van der Waals surface area contributed by atoms with Gasteiger partial charge in [-0.15, -0.1) is 0 Å². The Morgan fingerprint density at radius 2 is 2.00 bits per heavy atom. The normalized spacial score (nSPS) is 12.1. The maximum Gasteiger partial charge on any atom is 0.258 e. The highest BCUT2D eigenvalue weighted by Crippen LogP contribution is 2.23. The molecule has 23 heavy (non-hydrogen) atoms. The maximum absolute atomic E-state index is 12.0. The van der Waals surface area contributed by atoms with Gasteiger partial charge in [0.15, 0.2) is 6.61 Å². The molecule has 1 heterocycles. The summed E-state index contributed by atoms with van der Waals surface area (Å²) in [6.07, 6.45) is 0. The molecular formula is C19H19NO3. The number of nitrogens with one attached hydrogen (secondary N) is 1. The van der Waals surface area contributed by atoms with Crippen LogP contribution < -0.4 is 10.1 Å². The van der Waals surface area contributed by atoms with Crippen LogP contribution in [0.15, 0.2) is 59.0 Å². The number of hydrogen-bond donors (Lipinski definition) is 1. The summed E-state index contributed by atoms with van der Waals surface area (Å²) in [6.45, 7) is 3.85. The van der Waals surface area contributed by atoms with E-state index in [9.17, 15) is 4.79 Å². The lowest BCUT2D eigenvalue weighted by atomic mass is 10.2. The number of para-hydroxylation sites is 1. The van der Waals surface area contributed by atoms with Gasteiger partial charge in [0.25, 0.3) is 5.91 Å². The quantitative estimate of drug-likeness (QED) is 0.775. The summed E-state index contributed by atoms with van der Waals surface area (Å²) >= 11 is 0. The first-order valence-electron chi connectivity index (χ1n) is 7.59. The first-order chi connectivity index (χ1) is 11.1. The topological polar surface area (TPSA) is 51.5 Å². The lowest BCUT2D eigenvalue weighted by Gasteiger charge is -2.12. The summed E-state index contributed by atoms with van der Waals surface area (Å²) in [7, 11) is 0. The van der Waals surface area contributed by atoms with Crippen molar-refractivity contribution in [1.82, 2.24) is 5.32 Å². The van der Waals surface area contributed by atoms with Gasteiger partial charge in [0.1, 0.15) is 17.1 Å². The van der Waals surface area contributed by atoms with Crippen LogP contribution >= 0.6 is 0 Å². The maximum atomic E-state index is 12.0. The Kier molecular flexibility index (Phi) is 4.33. The van der Waals surface area contributed by atoms with Crippen LogP contribution in [-0.4, -0.2) is 12.5 Å². The van der Waals surface area contributed by atoms with Crippen LogP contribution in [0.5, 0.6) is 5.75 Å². The molecule has 4 nitrogen and oxygen atoms in total. The molecule has 0 unspecified atom stereocenters. The van der Waals surface area contributed by atoms with E-state index in [4.69, 9.17) is 9.15 Å². The van der Waals surface area contributed by atoms with Crippen molar-refractivity contribution in [3.63, 3.8) is 0 Å². The van der Waals surface area contributed by atoms with Gasteiger partial charge in [0, 0.05) is 5.39 Å². The van der Waals surface area contributed by atoms with Crippen LogP contribution in [0.25, 0.3) is 11.0 Å². The van der Waals surface area contributed by atoms with Crippen molar-refractivity contribution in [3.8, 4) is 5.75 Å². The second-order valence-electron chi connectivity index (χ2n) is 5.58. The van der Waals surface area contributed by atoms with Crippen molar-refractivity contribution in [2.75, 3.05) is 6.61 Å². The van der Waals surface area contributed by atoms with Crippen molar-refractivity contribution >= 4 is 16.9 Å². The fraction of sp³-hybridized carbons (Fsp3) is 0.211. The number of carbonyl (C=O) groups excluding carboxylic acids is 1. The van der Waals surface area contributed by atoms with Gasteiger partial charge < -0.3 is 14.5 Å². The van der Waals surface area contributed by atoms with E-state index in [0.29, 0.717) is 5.75 Å². The van der Waals surface area contributed by atoms with Gasteiger partial charge in [-0.3, -0.25) is 4.79 Å². The van der Waals surface area contributed by atoms with Crippen LogP contribution in [0.4, 0.5) is 0 Å². The Morgan fingerprint density at radius 3 is 2.78 bits per heavy atom. The van der Waals surface area contributed by atoms with Crippen molar-refractivity contribution in [3.05, 3.63) is 65.9 Å². The molecule has 0 spiro atoms. The summed E-state index contributed by atoms with van der Waals surface area (Å²) < 4.78 is 11.3. The third-order valence-corrected chi connectivity index (χ3v) is 3.61. The van der Waals surface area contributed by atoms with E-state index in [0.717, 1.165) is 22.3 Å².